The summed E-state index contributed by atoms with van der Waals surface area (Å²) >= 11 is 12.3. The fourth-order valence-corrected chi connectivity index (χ4v) is 2.39. The van der Waals surface area contributed by atoms with Crippen molar-refractivity contribution in [3.05, 3.63) is 39.7 Å². The van der Waals surface area contributed by atoms with Gasteiger partial charge in [-0.2, -0.15) is 0 Å². The molecule has 2 rings (SSSR count). The van der Waals surface area contributed by atoms with Crippen molar-refractivity contribution in [1.29, 1.82) is 0 Å². The van der Waals surface area contributed by atoms with Gasteiger partial charge in [-0.25, -0.2) is 4.98 Å². The first-order valence-electron chi connectivity index (χ1n) is 4.10. The molecule has 0 radical (unpaired) electrons. The summed E-state index contributed by atoms with van der Waals surface area (Å²) in [7, 11) is 0. The van der Waals surface area contributed by atoms with Crippen molar-refractivity contribution in [2.24, 2.45) is 0 Å². The molecule has 2 nitrogen and oxygen atoms in total. The zero-order chi connectivity index (χ0) is 10.8. The summed E-state index contributed by atoms with van der Waals surface area (Å²) in [6.45, 7) is 0. The van der Waals surface area contributed by atoms with E-state index in [0.717, 1.165) is 16.9 Å². The summed E-state index contributed by atoms with van der Waals surface area (Å²) in [5.41, 5.74) is 1.38. The van der Waals surface area contributed by atoms with Crippen molar-refractivity contribution in [3.8, 4) is 11.3 Å². The van der Waals surface area contributed by atoms with Crippen LogP contribution in [0.15, 0.2) is 30.3 Å². The molecule has 0 bridgehead atoms. The lowest BCUT2D eigenvalue weighted by atomic mass is 10.1. The fraction of sp³-hybridized carbons (Fsp3) is 0. The summed E-state index contributed by atoms with van der Waals surface area (Å²) in [6, 6.07) is 9.33. The van der Waals surface area contributed by atoms with Gasteiger partial charge in [-0.1, -0.05) is 53.3 Å². The molecule has 0 saturated heterocycles. The maximum Gasteiger partial charge on any atom is 0.264 e. The second-order valence-electron chi connectivity index (χ2n) is 2.78. The van der Waals surface area contributed by atoms with Crippen LogP contribution in [-0.2, 0) is 0 Å². The smallest absolute Gasteiger partial charge is 0.264 e. The Morgan fingerprint density at radius 2 is 1.93 bits per heavy atom. The van der Waals surface area contributed by atoms with Gasteiger partial charge in [-0.05, 0) is 11.6 Å². The number of hydrogen-bond acceptors (Lipinski definition) is 3. The molecule has 0 N–H and O–H groups in total. The predicted molar refractivity (Wildman–Crippen MR) is 62.7 cm³/mol. The van der Waals surface area contributed by atoms with Gasteiger partial charge < -0.3 is 0 Å². The quantitative estimate of drug-likeness (QED) is 0.766. The number of rotatable bonds is 2. The minimum atomic E-state index is -0.529. The predicted octanol–water partition coefficient (Wildman–Crippen LogP) is 3.84. The molecule has 76 valence electrons. The van der Waals surface area contributed by atoms with Crippen LogP contribution in [0, 0.1) is 0 Å². The number of carbonyl (C=O) groups excluding carboxylic acids is 1. The van der Waals surface area contributed by atoms with Crippen molar-refractivity contribution < 1.29 is 4.79 Å². The Hall–Kier alpha value is -0.900. The van der Waals surface area contributed by atoms with E-state index in [1.54, 1.807) is 0 Å². The number of halogens is 2. The molecule has 0 aliphatic carbocycles. The average Bonchev–Trinajstić information content (AvgIpc) is 2.62. The number of hydrogen-bond donors (Lipinski definition) is 0. The summed E-state index contributed by atoms with van der Waals surface area (Å²) < 4.78 is 0.317. The van der Waals surface area contributed by atoms with Crippen LogP contribution in [0.3, 0.4) is 0 Å². The lowest BCUT2D eigenvalue weighted by Crippen LogP contribution is -1.88. The molecule has 15 heavy (non-hydrogen) atoms. The van der Waals surface area contributed by atoms with Crippen LogP contribution >= 0.6 is 34.5 Å². The van der Waals surface area contributed by atoms with Gasteiger partial charge in [0.05, 0.1) is 5.69 Å². The largest absolute Gasteiger partial charge is 0.275 e. The topological polar surface area (TPSA) is 30.0 Å². The number of nitrogens with zero attached hydrogens (tertiary/aromatic N) is 1. The van der Waals surface area contributed by atoms with Crippen molar-refractivity contribution >= 4 is 39.8 Å². The Labute approximate surface area is 100 Å². The second-order valence-corrected chi connectivity index (χ2v) is 4.71. The maximum atomic E-state index is 11.1. The lowest BCUT2D eigenvalue weighted by molar-refractivity contribution is 0.108. The Bertz CT molecular complexity index is 495. The highest BCUT2D eigenvalue weighted by Gasteiger charge is 2.16. The van der Waals surface area contributed by atoms with Crippen LogP contribution in [0.4, 0.5) is 0 Å². The monoisotopic (exact) mass is 257 g/mol. The van der Waals surface area contributed by atoms with Crippen molar-refractivity contribution in [2.45, 2.75) is 0 Å². The summed E-state index contributed by atoms with van der Waals surface area (Å²) in [5.74, 6) is 0. The lowest BCUT2D eigenvalue weighted by Gasteiger charge is -1.96. The first-order valence-corrected chi connectivity index (χ1v) is 5.67. The Balaban J connectivity index is 2.58. The molecule has 0 aliphatic rings. The second kappa shape index (κ2) is 4.31. The highest BCUT2D eigenvalue weighted by Crippen LogP contribution is 2.31. The molecule has 0 fully saturated rings. The zero-order valence-corrected chi connectivity index (χ0v) is 9.73. The van der Waals surface area contributed by atoms with Crippen molar-refractivity contribution in [3.63, 3.8) is 0 Å². The van der Waals surface area contributed by atoms with Gasteiger partial charge in [-0.15, -0.1) is 0 Å². The van der Waals surface area contributed by atoms with E-state index in [2.05, 4.69) is 4.98 Å². The van der Waals surface area contributed by atoms with E-state index < -0.39 is 5.24 Å². The number of thiazole rings is 1. The normalized spacial score (nSPS) is 10.3. The Morgan fingerprint density at radius 1 is 1.27 bits per heavy atom. The molecule has 0 atom stereocenters. The molecule has 0 aliphatic heterocycles. The van der Waals surface area contributed by atoms with E-state index >= 15 is 0 Å². The first-order chi connectivity index (χ1) is 7.18. The van der Waals surface area contributed by atoms with E-state index in [1.165, 1.54) is 0 Å². The molecular formula is C10H5Cl2NOS. The van der Waals surface area contributed by atoms with E-state index in [9.17, 15) is 4.79 Å². The van der Waals surface area contributed by atoms with Gasteiger partial charge in [0.25, 0.3) is 5.24 Å². The van der Waals surface area contributed by atoms with Gasteiger partial charge in [0.1, 0.15) is 4.88 Å². The third kappa shape index (κ3) is 2.20. The number of carbonyl (C=O) groups is 1. The van der Waals surface area contributed by atoms with Crippen molar-refractivity contribution in [1.82, 2.24) is 4.98 Å². The van der Waals surface area contributed by atoms with Crippen LogP contribution in [0.1, 0.15) is 9.67 Å². The molecule has 0 unspecified atom stereocenters. The molecule has 1 heterocycles. The number of aromatic nitrogens is 1. The molecule has 5 heteroatoms. The van der Waals surface area contributed by atoms with Gasteiger partial charge in [0.15, 0.2) is 4.47 Å². The summed E-state index contributed by atoms with van der Waals surface area (Å²) in [4.78, 5) is 15.6. The SMILES string of the molecule is O=C(Cl)c1sc(Cl)nc1-c1ccccc1. The van der Waals surface area contributed by atoms with Crippen LogP contribution in [0.2, 0.25) is 4.47 Å². The summed E-state index contributed by atoms with van der Waals surface area (Å²) in [6.07, 6.45) is 0. The molecule has 0 spiro atoms. The van der Waals surface area contributed by atoms with Gasteiger partial charge in [0, 0.05) is 5.56 Å². The van der Waals surface area contributed by atoms with Crippen molar-refractivity contribution in [2.75, 3.05) is 0 Å². The van der Waals surface area contributed by atoms with E-state index in [-0.39, 0.29) is 0 Å². The van der Waals surface area contributed by atoms with Crippen LogP contribution in [0.5, 0.6) is 0 Å². The van der Waals surface area contributed by atoms with Gasteiger partial charge >= 0.3 is 0 Å². The molecule has 1 aromatic heterocycles. The van der Waals surface area contributed by atoms with E-state index in [0.29, 0.717) is 15.0 Å². The van der Waals surface area contributed by atoms with Gasteiger partial charge in [-0.3, -0.25) is 4.79 Å². The molecule has 0 amide bonds. The van der Waals surface area contributed by atoms with Crippen LogP contribution < -0.4 is 0 Å². The van der Waals surface area contributed by atoms with Crippen LogP contribution in [0.25, 0.3) is 11.3 Å². The molecular weight excluding hydrogens is 253 g/mol. The number of benzene rings is 1. The summed E-state index contributed by atoms with van der Waals surface area (Å²) in [5, 5.41) is -0.529. The fourth-order valence-electron chi connectivity index (χ4n) is 1.22. The molecule has 2 aromatic rings. The standard InChI is InChI=1S/C10H5Cl2NOS/c11-9(14)8-7(13-10(12)15-8)6-4-2-1-3-5-6/h1-5H. The van der Waals surface area contributed by atoms with E-state index in [4.69, 9.17) is 23.2 Å². The highest BCUT2D eigenvalue weighted by molar-refractivity contribution is 7.19. The zero-order valence-electron chi connectivity index (χ0n) is 7.41. The highest BCUT2D eigenvalue weighted by atomic mass is 35.5. The Kier molecular flexibility index (Phi) is 3.05. The molecule has 1 aromatic carbocycles. The molecule has 0 saturated carbocycles. The minimum absolute atomic E-state index is 0.317. The average molecular weight is 258 g/mol. The maximum absolute atomic E-state index is 11.1. The third-order valence-electron chi connectivity index (χ3n) is 1.83. The Morgan fingerprint density at radius 3 is 2.53 bits per heavy atom. The first kappa shape index (κ1) is 10.6. The van der Waals surface area contributed by atoms with Gasteiger partial charge in [0.2, 0.25) is 0 Å². The van der Waals surface area contributed by atoms with E-state index in [1.807, 2.05) is 30.3 Å². The van der Waals surface area contributed by atoms with Crippen LogP contribution in [-0.4, -0.2) is 10.2 Å². The third-order valence-corrected chi connectivity index (χ3v) is 3.29. The minimum Gasteiger partial charge on any atom is -0.275 e.